The van der Waals surface area contributed by atoms with E-state index in [0.29, 0.717) is 13.0 Å². The van der Waals surface area contributed by atoms with E-state index in [1.54, 1.807) is 6.92 Å². The monoisotopic (exact) mass is 386 g/mol. The van der Waals surface area contributed by atoms with Crippen LogP contribution in [0.2, 0.25) is 0 Å². The van der Waals surface area contributed by atoms with Crippen LogP contribution in [0.3, 0.4) is 0 Å². The molecular formula is C16H22N2O7S. The highest BCUT2D eigenvalue weighted by atomic mass is 32.2. The van der Waals surface area contributed by atoms with Crippen LogP contribution in [0, 0.1) is 10.1 Å². The summed E-state index contributed by atoms with van der Waals surface area (Å²) >= 11 is 0. The molecule has 0 spiro atoms. The third-order valence-electron chi connectivity index (χ3n) is 4.06. The molecule has 0 aromatic heterocycles. The van der Waals surface area contributed by atoms with Crippen molar-refractivity contribution in [2.24, 2.45) is 0 Å². The van der Waals surface area contributed by atoms with Crippen LogP contribution in [0.4, 0.5) is 5.69 Å². The predicted molar refractivity (Wildman–Crippen MR) is 92.1 cm³/mol. The highest BCUT2D eigenvalue weighted by Crippen LogP contribution is 2.26. The van der Waals surface area contributed by atoms with Crippen LogP contribution >= 0.6 is 0 Å². The quantitative estimate of drug-likeness (QED) is 0.379. The van der Waals surface area contributed by atoms with E-state index in [2.05, 4.69) is 0 Å². The number of nitrogens with zero attached hydrogens (tertiary/aromatic N) is 2. The molecule has 0 aliphatic carbocycles. The van der Waals surface area contributed by atoms with Gasteiger partial charge in [-0.25, -0.2) is 13.2 Å². The number of carbonyl (C=O) groups excluding carboxylic acids is 1. The molecular weight excluding hydrogens is 364 g/mol. The Morgan fingerprint density at radius 1 is 1.31 bits per heavy atom. The van der Waals surface area contributed by atoms with Crippen molar-refractivity contribution in [1.82, 2.24) is 4.31 Å². The molecule has 9 nitrogen and oxygen atoms in total. The molecule has 1 aromatic rings. The van der Waals surface area contributed by atoms with E-state index in [4.69, 9.17) is 9.47 Å². The zero-order valence-corrected chi connectivity index (χ0v) is 15.3. The first-order valence-corrected chi connectivity index (χ1v) is 9.80. The minimum Gasteiger partial charge on any atom is -0.464 e. The average Bonchev–Trinajstić information content (AvgIpc) is 2.62. The van der Waals surface area contributed by atoms with Gasteiger partial charge in [0.15, 0.2) is 0 Å². The van der Waals surface area contributed by atoms with Gasteiger partial charge in [-0.2, -0.15) is 4.31 Å². The number of rotatable bonds is 8. The van der Waals surface area contributed by atoms with Crippen molar-refractivity contribution in [3.8, 4) is 0 Å². The number of esters is 1. The molecule has 1 aliphatic heterocycles. The molecule has 0 radical (unpaired) electrons. The van der Waals surface area contributed by atoms with Gasteiger partial charge in [0.05, 0.1) is 23.0 Å². The summed E-state index contributed by atoms with van der Waals surface area (Å²) in [7, 11) is -3.80. The fourth-order valence-corrected chi connectivity index (χ4v) is 4.49. The maximum absolute atomic E-state index is 12.9. The number of hydrogen-bond donors (Lipinski definition) is 0. The Kier molecular flexibility index (Phi) is 7.06. The van der Waals surface area contributed by atoms with Crippen molar-refractivity contribution < 1.29 is 27.6 Å². The zero-order chi connectivity index (χ0) is 19.2. The molecule has 1 heterocycles. The van der Waals surface area contributed by atoms with Gasteiger partial charge >= 0.3 is 5.97 Å². The molecule has 0 N–H and O–H groups in total. The largest absolute Gasteiger partial charge is 0.464 e. The molecule has 0 bridgehead atoms. The molecule has 0 amide bonds. The van der Waals surface area contributed by atoms with Crippen LogP contribution in [0.15, 0.2) is 29.2 Å². The number of ether oxygens (including phenoxy) is 2. The molecule has 1 unspecified atom stereocenters. The molecule has 10 heteroatoms. The molecule has 2 rings (SSSR count). The number of sulfonamides is 1. The first-order valence-electron chi connectivity index (χ1n) is 8.36. The maximum Gasteiger partial charge on any atom is 0.332 e. The molecule has 144 valence electrons. The number of benzene rings is 1. The lowest BCUT2D eigenvalue weighted by molar-refractivity contribution is -0.384. The van der Waals surface area contributed by atoms with Crippen LogP contribution in [-0.2, 0) is 24.3 Å². The summed E-state index contributed by atoms with van der Waals surface area (Å²) in [6.07, 6.45) is 2.20. The van der Waals surface area contributed by atoms with Gasteiger partial charge in [-0.1, -0.05) is 6.42 Å². The third kappa shape index (κ3) is 4.99. The van der Waals surface area contributed by atoms with Crippen molar-refractivity contribution in [1.29, 1.82) is 0 Å². The van der Waals surface area contributed by atoms with Crippen LogP contribution in [0.1, 0.15) is 26.2 Å². The first-order chi connectivity index (χ1) is 12.4. The molecule has 1 aliphatic rings. The van der Waals surface area contributed by atoms with Crippen molar-refractivity contribution in [3.05, 3.63) is 34.4 Å². The second-order valence-corrected chi connectivity index (χ2v) is 7.73. The summed E-state index contributed by atoms with van der Waals surface area (Å²) in [5.74, 6) is -0.493. The van der Waals surface area contributed by atoms with E-state index >= 15 is 0 Å². The van der Waals surface area contributed by atoms with Crippen LogP contribution < -0.4 is 0 Å². The normalized spacial score (nSPS) is 18.4. The number of nitro benzene ring substituents is 1. The minimum atomic E-state index is -3.80. The number of hydrogen-bond acceptors (Lipinski definition) is 7. The summed E-state index contributed by atoms with van der Waals surface area (Å²) in [5.41, 5.74) is -0.170. The summed E-state index contributed by atoms with van der Waals surface area (Å²) < 4.78 is 37.2. The predicted octanol–water partition coefficient (Wildman–Crippen LogP) is 1.72. The number of nitro groups is 1. The van der Waals surface area contributed by atoms with Gasteiger partial charge in [-0.3, -0.25) is 10.1 Å². The summed E-state index contributed by atoms with van der Waals surface area (Å²) in [6, 6.07) is 4.42. The van der Waals surface area contributed by atoms with Crippen LogP contribution in [0.25, 0.3) is 0 Å². The van der Waals surface area contributed by atoms with Gasteiger partial charge in [0.2, 0.25) is 10.0 Å². The van der Waals surface area contributed by atoms with Crippen LogP contribution in [-0.4, -0.2) is 56.0 Å². The molecule has 1 atom stereocenters. The highest BCUT2D eigenvalue weighted by Gasteiger charge is 2.34. The van der Waals surface area contributed by atoms with E-state index in [0.717, 1.165) is 12.8 Å². The van der Waals surface area contributed by atoms with E-state index < -0.39 is 27.0 Å². The zero-order valence-electron chi connectivity index (χ0n) is 14.5. The van der Waals surface area contributed by atoms with Gasteiger partial charge in [0.1, 0.15) is 6.61 Å². The van der Waals surface area contributed by atoms with Crippen molar-refractivity contribution in [2.75, 3.05) is 26.4 Å². The Morgan fingerprint density at radius 2 is 2.00 bits per heavy atom. The van der Waals surface area contributed by atoms with E-state index in [-0.39, 0.29) is 30.4 Å². The summed E-state index contributed by atoms with van der Waals surface area (Å²) in [5, 5.41) is 10.7. The summed E-state index contributed by atoms with van der Waals surface area (Å²) in [4.78, 5) is 21.5. The number of carbonyl (C=O) groups is 1. The van der Waals surface area contributed by atoms with Crippen molar-refractivity contribution in [2.45, 2.75) is 37.1 Å². The Morgan fingerprint density at radius 3 is 2.62 bits per heavy atom. The van der Waals surface area contributed by atoms with Crippen molar-refractivity contribution in [3.63, 3.8) is 0 Å². The van der Waals surface area contributed by atoms with Gasteiger partial charge in [-0.05, 0) is 31.9 Å². The van der Waals surface area contributed by atoms with E-state index in [1.165, 1.54) is 28.6 Å². The summed E-state index contributed by atoms with van der Waals surface area (Å²) in [6.45, 7) is 2.15. The van der Waals surface area contributed by atoms with Gasteiger partial charge in [0.25, 0.3) is 5.69 Å². The van der Waals surface area contributed by atoms with Gasteiger partial charge in [-0.15, -0.1) is 0 Å². The topological polar surface area (TPSA) is 116 Å². The van der Waals surface area contributed by atoms with Crippen LogP contribution in [0.5, 0.6) is 0 Å². The van der Waals surface area contributed by atoms with E-state index in [9.17, 15) is 23.3 Å². The smallest absolute Gasteiger partial charge is 0.332 e. The second kappa shape index (κ2) is 9.06. The maximum atomic E-state index is 12.9. The minimum absolute atomic E-state index is 0.000364. The lowest BCUT2D eigenvalue weighted by Crippen LogP contribution is -2.46. The Balaban J connectivity index is 2.09. The fourth-order valence-electron chi connectivity index (χ4n) is 2.81. The SMILES string of the molecule is CCOC(=O)COCC1CCCCN1S(=O)(=O)c1ccc([N+](=O)[O-])cc1. The standard InChI is InChI=1S/C16H22N2O7S/c1-2-25-16(19)12-24-11-14-5-3-4-10-17(14)26(22,23)15-8-6-13(7-9-15)18(20)21/h6-9,14H,2-5,10-12H2,1H3. The Bertz CT molecular complexity index is 733. The lowest BCUT2D eigenvalue weighted by atomic mass is 10.1. The number of piperidine rings is 1. The first kappa shape index (κ1) is 20.3. The molecule has 1 saturated heterocycles. The number of non-ortho nitro benzene ring substituents is 1. The molecule has 0 saturated carbocycles. The van der Waals surface area contributed by atoms with Crippen molar-refractivity contribution >= 4 is 21.7 Å². The lowest BCUT2D eigenvalue weighted by Gasteiger charge is -2.34. The van der Waals surface area contributed by atoms with Gasteiger partial charge < -0.3 is 9.47 Å². The van der Waals surface area contributed by atoms with Gasteiger partial charge in [0, 0.05) is 24.7 Å². The molecule has 26 heavy (non-hydrogen) atoms. The second-order valence-electron chi connectivity index (χ2n) is 5.84. The Labute approximate surface area is 152 Å². The third-order valence-corrected chi connectivity index (χ3v) is 6.03. The fraction of sp³-hybridized carbons (Fsp3) is 0.562. The Hall–Kier alpha value is -2.04. The highest BCUT2D eigenvalue weighted by molar-refractivity contribution is 7.89. The molecule has 1 aromatic carbocycles. The average molecular weight is 386 g/mol. The molecule has 1 fully saturated rings. The van der Waals surface area contributed by atoms with E-state index in [1.807, 2.05) is 0 Å².